The minimum atomic E-state index is -4.69. The van der Waals surface area contributed by atoms with E-state index in [0.29, 0.717) is 11.0 Å². The topological polar surface area (TPSA) is 35.2 Å². The van der Waals surface area contributed by atoms with Gasteiger partial charge in [-0.25, -0.2) is 0 Å². The molecule has 0 saturated carbocycles. The maximum Gasteiger partial charge on any atom is 0.418 e. The largest absolute Gasteiger partial charge is 0.418 e. The van der Waals surface area contributed by atoms with Gasteiger partial charge >= 0.3 is 6.18 Å². The molecule has 8 rings (SSSR count). The smallest absolute Gasteiger partial charge is 0.310 e. The molecule has 7 aromatic carbocycles. The number of hydrogen-bond donors (Lipinski definition) is 0. The number of aromatic nitrogens is 1. The van der Waals surface area contributed by atoms with Crippen molar-refractivity contribution in [3.8, 4) is 11.8 Å². The Kier molecular flexibility index (Phi) is 7.98. The van der Waals surface area contributed by atoms with Crippen molar-refractivity contribution in [1.29, 1.82) is 5.26 Å². The van der Waals surface area contributed by atoms with Crippen molar-refractivity contribution in [1.82, 2.24) is 4.57 Å². The maximum atomic E-state index is 14.7. The Morgan fingerprint density at radius 2 is 0.843 bits per heavy atom. The zero-order valence-electron chi connectivity index (χ0n) is 27.2. The number of alkyl halides is 3. The Bertz CT molecular complexity index is 2300. The van der Waals surface area contributed by atoms with Gasteiger partial charge in [-0.05, 0) is 103 Å². The summed E-state index contributed by atoms with van der Waals surface area (Å²) in [6.45, 7) is 0. The van der Waals surface area contributed by atoms with Crippen LogP contribution in [0, 0.1) is 11.3 Å². The highest BCUT2D eigenvalue weighted by Crippen LogP contribution is 2.44. The third-order valence-corrected chi connectivity index (χ3v) is 8.98. The second-order valence-corrected chi connectivity index (χ2v) is 12.1. The van der Waals surface area contributed by atoms with Gasteiger partial charge < -0.3 is 14.4 Å². The Morgan fingerprint density at radius 1 is 0.451 bits per heavy atom. The van der Waals surface area contributed by atoms with Crippen molar-refractivity contribution in [2.75, 3.05) is 9.80 Å². The molecule has 1 aromatic heterocycles. The van der Waals surface area contributed by atoms with Crippen molar-refractivity contribution in [2.24, 2.45) is 0 Å². The molecule has 8 aromatic rings. The van der Waals surface area contributed by atoms with Crippen LogP contribution in [0.4, 0.5) is 47.3 Å². The molecule has 0 radical (unpaired) electrons. The summed E-state index contributed by atoms with van der Waals surface area (Å²) < 4.78 is 45.8. The van der Waals surface area contributed by atoms with Gasteiger partial charge in [0.2, 0.25) is 0 Å². The third-order valence-electron chi connectivity index (χ3n) is 8.98. The highest BCUT2D eigenvalue weighted by atomic mass is 19.4. The summed E-state index contributed by atoms with van der Waals surface area (Å²) in [4.78, 5) is 4.27. The number of nitrogens with zero attached hydrogens (tertiary/aromatic N) is 4. The first-order valence-corrected chi connectivity index (χ1v) is 16.4. The summed E-state index contributed by atoms with van der Waals surface area (Å²) in [5.41, 5.74) is 5.70. The van der Waals surface area contributed by atoms with Gasteiger partial charge in [-0.15, -0.1) is 0 Å². The van der Waals surface area contributed by atoms with E-state index in [-0.39, 0.29) is 11.3 Å². The van der Waals surface area contributed by atoms with Crippen LogP contribution in [0.3, 0.4) is 0 Å². The van der Waals surface area contributed by atoms with Crippen LogP contribution in [0.2, 0.25) is 0 Å². The van der Waals surface area contributed by atoms with E-state index in [2.05, 4.69) is 9.80 Å². The number of hydrogen-bond acceptors (Lipinski definition) is 3. The van der Waals surface area contributed by atoms with E-state index >= 15 is 0 Å². The zero-order chi connectivity index (χ0) is 35.0. The molecule has 0 N–H and O–H groups in total. The van der Waals surface area contributed by atoms with E-state index in [1.165, 1.54) is 12.1 Å². The number of nitriles is 1. The Labute approximate surface area is 293 Å². The van der Waals surface area contributed by atoms with Gasteiger partial charge in [-0.2, -0.15) is 18.4 Å². The molecular formula is C44H29F3N4. The molecule has 0 fully saturated rings. The highest BCUT2D eigenvalue weighted by Gasteiger charge is 2.35. The molecule has 0 aliphatic heterocycles. The standard InChI is InChI=1S/C44H29F3N4/c45-44(46,47)40-27-31(30-48)21-24-43(40)51-41-25-22-36(49(32-13-5-1-6-14-32)33-15-7-2-8-16-33)28-38(41)39-29-37(23-26-42(39)51)50(34-17-9-3-10-18-34)35-19-11-4-12-20-35/h1-29H. The number of anilines is 6. The van der Waals surface area contributed by atoms with Gasteiger partial charge in [0.05, 0.1) is 33.9 Å². The second kappa shape index (κ2) is 12.9. The van der Waals surface area contributed by atoms with Crippen molar-refractivity contribution in [2.45, 2.75) is 6.18 Å². The van der Waals surface area contributed by atoms with Gasteiger partial charge in [0.15, 0.2) is 0 Å². The Hall–Kier alpha value is -6.78. The SMILES string of the molecule is N#Cc1ccc(-n2c3ccc(N(c4ccccc4)c4ccccc4)cc3c3cc(N(c4ccccc4)c4ccccc4)ccc32)c(C(F)(F)F)c1. The van der Waals surface area contributed by atoms with Crippen LogP contribution in [0.15, 0.2) is 176 Å². The summed E-state index contributed by atoms with van der Waals surface area (Å²) in [5, 5.41) is 11.1. The van der Waals surface area contributed by atoms with Gasteiger partial charge in [-0.1, -0.05) is 72.8 Å². The first-order valence-electron chi connectivity index (χ1n) is 16.4. The summed E-state index contributed by atoms with van der Waals surface area (Å²) in [7, 11) is 0. The van der Waals surface area contributed by atoms with Crippen molar-refractivity contribution >= 4 is 55.9 Å². The maximum absolute atomic E-state index is 14.7. The fourth-order valence-electron chi connectivity index (χ4n) is 6.77. The lowest BCUT2D eigenvalue weighted by Gasteiger charge is -2.26. The molecule has 7 heteroatoms. The van der Waals surface area contributed by atoms with Crippen molar-refractivity contribution < 1.29 is 13.2 Å². The fourth-order valence-corrected chi connectivity index (χ4v) is 6.77. The van der Waals surface area contributed by atoms with Crippen LogP contribution in [-0.4, -0.2) is 4.57 Å². The Balaban J connectivity index is 1.43. The molecule has 51 heavy (non-hydrogen) atoms. The number of benzene rings is 7. The lowest BCUT2D eigenvalue weighted by molar-refractivity contribution is -0.137. The lowest BCUT2D eigenvalue weighted by Crippen LogP contribution is -2.12. The molecule has 0 aliphatic carbocycles. The molecule has 0 saturated heterocycles. The zero-order valence-corrected chi connectivity index (χ0v) is 27.2. The minimum Gasteiger partial charge on any atom is -0.310 e. The number of para-hydroxylation sites is 4. The molecule has 0 unspecified atom stereocenters. The van der Waals surface area contributed by atoms with Crippen molar-refractivity contribution in [3.63, 3.8) is 0 Å². The average molecular weight is 671 g/mol. The summed E-state index contributed by atoms with van der Waals surface area (Å²) in [5.74, 6) is 0. The molecule has 246 valence electrons. The van der Waals surface area contributed by atoms with E-state index < -0.39 is 11.7 Å². The van der Waals surface area contributed by atoms with Crippen LogP contribution in [0.1, 0.15) is 11.1 Å². The van der Waals surface area contributed by atoms with Gasteiger partial charge in [-0.3, -0.25) is 0 Å². The fraction of sp³-hybridized carbons (Fsp3) is 0.0227. The van der Waals surface area contributed by atoms with Crippen LogP contribution >= 0.6 is 0 Å². The predicted molar refractivity (Wildman–Crippen MR) is 200 cm³/mol. The summed E-state index contributed by atoms with van der Waals surface area (Å²) in [6, 6.07) is 57.3. The van der Waals surface area contributed by atoms with E-state index in [0.717, 1.165) is 51.0 Å². The quantitative estimate of drug-likeness (QED) is 0.169. The average Bonchev–Trinajstić information content (AvgIpc) is 3.49. The van der Waals surface area contributed by atoms with Crippen LogP contribution in [0.5, 0.6) is 0 Å². The van der Waals surface area contributed by atoms with Gasteiger partial charge in [0.1, 0.15) is 0 Å². The lowest BCUT2D eigenvalue weighted by atomic mass is 10.1. The Morgan fingerprint density at radius 3 is 1.20 bits per heavy atom. The van der Waals surface area contributed by atoms with Crippen LogP contribution in [-0.2, 0) is 6.18 Å². The van der Waals surface area contributed by atoms with E-state index in [9.17, 15) is 18.4 Å². The van der Waals surface area contributed by atoms with E-state index in [1.54, 1.807) is 4.57 Å². The number of fused-ring (bicyclic) bond motifs is 3. The highest BCUT2D eigenvalue weighted by molar-refractivity contribution is 6.12. The van der Waals surface area contributed by atoms with E-state index in [4.69, 9.17) is 0 Å². The van der Waals surface area contributed by atoms with Gasteiger partial charge in [0, 0.05) is 44.9 Å². The molecule has 0 spiro atoms. The molecular weight excluding hydrogens is 642 g/mol. The number of halogens is 3. The molecule has 1 heterocycles. The molecule has 0 aliphatic rings. The van der Waals surface area contributed by atoms with Crippen LogP contribution < -0.4 is 9.80 Å². The summed E-state index contributed by atoms with van der Waals surface area (Å²) >= 11 is 0. The molecule has 0 amide bonds. The molecule has 0 atom stereocenters. The first-order chi connectivity index (χ1) is 24.9. The first kappa shape index (κ1) is 31.5. The van der Waals surface area contributed by atoms with Gasteiger partial charge in [0.25, 0.3) is 0 Å². The normalized spacial score (nSPS) is 11.4. The predicted octanol–water partition coefficient (Wildman–Crippen LogP) is 12.6. The van der Waals surface area contributed by atoms with Crippen molar-refractivity contribution in [3.05, 3.63) is 187 Å². The summed E-state index contributed by atoms with van der Waals surface area (Å²) in [6.07, 6.45) is -4.69. The number of rotatable bonds is 7. The third kappa shape index (κ3) is 5.83. The second-order valence-electron chi connectivity index (χ2n) is 12.1. The molecule has 0 bridgehead atoms. The minimum absolute atomic E-state index is 0.0482. The monoisotopic (exact) mass is 670 g/mol. The van der Waals surface area contributed by atoms with E-state index in [1.807, 2.05) is 164 Å². The van der Waals surface area contributed by atoms with Crippen LogP contribution in [0.25, 0.3) is 27.5 Å². The molecule has 4 nitrogen and oxygen atoms in total.